The number of ketones is 1. The number of hydrogen-bond acceptors (Lipinski definition) is 8. The largest absolute Gasteiger partial charge is 0.390 e. The number of carbonyl (C=O) groups excluding carboxylic acids is 1. The van der Waals surface area contributed by atoms with Crippen LogP contribution < -0.4 is 0 Å². The summed E-state index contributed by atoms with van der Waals surface area (Å²) in [4.78, 5) is 13.6. The van der Waals surface area contributed by atoms with E-state index in [1.165, 1.54) is 4.68 Å². The highest BCUT2D eigenvalue weighted by atomic mass is 19.3. The molecular formula is C31H49F2N3O6. The molecule has 8 atom stereocenters. The van der Waals surface area contributed by atoms with Crippen LogP contribution in [-0.2, 0) is 36.9 Å². The summed E-state index contributed by atoms with van der Waals surface area (Å²) >= 11 is 0. The Kier molecular flexibility index (Phi) is 10.0. The van der Waals surface area contributed by atoms with Crippen LogP contribution in [-0.4, -0.2) is 84.2 Å². The van der Waals surface area contributed by atoms with Gasteiger partial charge in [-0.25, -0.2) is 13.5 Å². The van der Waals surface area contributed by atoms with Gasteiger partial charge in [-0.15, -0.1) is 5.10 Å². The van der Waals surface area contributed by atoms with Crippen LogP contribution in [0, 0.1) is 40.9 Å². The zero-order chi connectivity index (χ0) is 30.0. The van der Waals surface area contributed by atoms with E-state index in [4.69, 9.17) is 18.9 Å². The maximum atomic E-state index is 16.2. The quantitative estimate of drug-likeness (QED) is 0.317. The lowest BCUT2D eigenvalue weighted by Crippen LogP contribution is -2.59. The van der Waals surface area contributed by atoms with Crippen molar-refractivity contribution in [2.75, 3.05) is 46.8 Å². The van der Waals surface area contributed by atoms with E-state index in [2.05, 4.69) is 10.3 Å². The molecule has 4 saturated carbocycles. The van der Waals surface area contributed by atoms with Gasteiger partial charge in [-0.05, 0) is 81.5 Å². The standard InChI is InChI=1S/C31H49F2N3O6/c1-29(38)9-8-23-21(16-29)4-5-24-25(23)17-31(32,33)30(2)26(24)6-7-27(30)28(37)19-36-18-22(34-35-36)20-42-15-14-41-13-12-40-11-10-39-3/h18,21,23-27,38H,4-17,19-20H2,1-3H3/t21-,23+,24-,25-,26+,27-,29-,30+/m1/s1. The number of halogens is 2. The molecule has 5 rings (SSSR count). The molecule has 4 aliphatic carbocycles. The lowest BCUT2D eigenvalue weighted by molar-refractivity contribution is -0.228. The van der Waals surface area contributed by atoms with Crippen molar-refractivity contribution in [3.8, 4) is 0 Å². The molecule has 0 spiro atoms. The Balaban J connectivity index is 1.12. The van der Waals surface area contributed by atoms with E-state index >= 15 is 8.78 Å². The number of rotatable bonds is 14. The topological polar surface area (TPSA) is 105 Å². The maximum Gasteiger partial charge on any atom is 0.254 e. The Labute approximate surface area is 248 Å². The summed E-state index contributed by atoms with van der Waals surface area (Å²) in [6, 6.07) is 0. The number of nitrogens with zero attached hydrogens (tertiary/aromatic N) is 3. The third-order valence-corrected chi connectivity index (χ3v) is 11.1. The van der Waals surface area contributed by atoms with E-state index in [-0.39, 0.29) is 49.0 Å². The van der Waals surface area contributed by atoms with Crippen LogP contribution in [0.2, 0.25) is 0 Å². The van der Waals surface area contributed by atoms with Crippen LogP contribution >= 0.6 is 0 Å². The fourth-order valence-corrected chi connectivity index (χ4v) is 9.06. The predicted molar refractivity (Wildman–Crippen MR) is 150 cm³/mol. The fourth-order valence-electron chi connectivity index (χ4n) is 9.06. The molecule has 1 aromatic rings. The minimum Gasteiger partial charge on any atom is -0.390 e. The predicted octanol–water partition coefficient (Wildman–Crippen LogP) is 4.31. The molecule has 0 saturated heterocycles. The average Bonchev–Trinajstić information content (AvgIpc) is 3.53. The molecule has 1 aromatic heterocycles. The number of aliphatic hydroxyl groups is 1. The summed E-state index contributed by atoms with van der Waals surface area (Å²) < 4.78 is 55.2. The normalized spacial score (nSPS) is 37.2. The highest BCUT2D eigenvalue weighted by Gasteiger charge is 2.70. The van der Waals surface area contributed by atoms with Crippen LogP contribution in [0.3, 0.4) is 0 Å². The van der Waals surface area contributed by atoms with Crippen LogP contribution in [0.1, 0.15) is 70.9 Å². The van der Waals surface area contributed by atoms with Gasteiger partial charge in [0.05, 0.1) is 58.0 Å². The van der Waals surface area contributed by atoms with Gasteiger partial charge in [0.15, 0.2) is 5.78 Å². The molecule has 0 bridgehead atoms. The second-order valence-corrected chi connectivity index (χ2v) is 13.6. The van der Waals surface area contributed by atoms with E-state index in [9.17, 15) is 9.90 Å². The van der Waals surface area contributed by atoms with Gasteiger partial charge < -0.3 is 24.1 Å². The number of ether oxygens (including phenoxy) is 4. The summed E-state index contributed by atoms with van der Waals surface area (Å²) in [5.74, 6) is -3.12. The summed E-state index contributed by atoms with van der Waals surface area (Å²) in [6.07, 6.45) is 6.88. The first-order chi connectivity index (χ1) is 20.1. The van der Waals surface area contributed by atoms with E-state index in [0.29, 0.717) is 70.5 Å². The van der Waals surface area contributed by atoms with Gasteiger partial charge in [-0.1, -0.05) is 12.1 Å². The zero-order valence-electron chi connectivity index (χ0n) is 25.4. The van der Waals surface area contributed by atoms with Crippen molar-refractivity contribution in [2.45, 2.75) is 89.9 Å². The Hall–Kier alpha value is -1.53. The van der Waals surface area contributed by atoms with E-state index < -0.39 is 22.9 Å². The molecule has 238 valence electrons. The Morgan fingerprint density at radius 1 is 0.952 bits per heavy atom. The first-order valence-corrected chi connectivity index (χ1v) is 15.8. The van der Waals surface area contributed by atoms with Crippen LogP contribution in [0.15, 0.2) is 6.20 Å². The second kappa shape index (κ2) is 13.2. The summed E-state index contributed by atoms with van der Waals surface area (Å²) in [5, 5.41) is 18.8. The molecule has 0 aliphatic heterocycles. The van der Waals surface area contributed by atoms with Gasteiger partial charge in [0, 0.05) is 24.9 Å². The third-order valence-electron chi connectivity index (χ3n) is 11.1. The highest BCUT2D eigenvalue weighted by Crippen LogP contribution is 2.69. The maximum absolute atomic E-state index is 16.2. The lowest BCUT2D eigenvalue weighted by Gasteiger charge is -2.59. The first-order valence-electron chi connectivity index (χ1n) is 15.8. The van der Waals surface area contributed by atoms with Gasteiger partial charge in [0.25, 0.3) is 5.92 Å². The lowest BCUT2D eigenvalue weighted by atomic mass is 9.47. The molecular weight excluding hydrogens is 548 g/mol. The number of carbonyl (C=O) groups is 1. The molecule has 0 unspecified atom stereocenters. The van der Waals surface area contributed by atoms with Crippen molar-refractivity contribution in [3.05, 3.63) is 11.9 Å². The monoisotopic (exact) mass is 597 g/mol. The number of fused-ring (bicyclic) bond motifs is 5. The van der Waals surface area contributed by atoms with E-state index in [0.717, 1.165) is 25.7 Å². The molecule has 42 heavy (non-hydrogen) atoms. The summed E-state index contributed by atoms with van der Waals surface area (Å²) in [6.45, 7) is 6.59. The van der Waals surface area contributed by atoms with Crippen LogP contribution in [0.25, 0.3) is 0 Å². The minimum absolute atomic E-state index is 0.0146. The van der Waals surface area contributed by atoms with Crippen LogP contribution in [0.4, 0.5) is 8.78 Å². The highest BCUT2D eigenvalue weighted by molar-refractivity contribution is 5.82. The molecule has 0 radical (unpaired) electrons. The molecule has 11 heteroatoms. The number of Topliss-reactive ketones (excluding diaryl/α,β-unsaturated/α-hetero) is 1. The molecule has 4 fully saturated rings. The fraction of sp³-hybridized carbons (Fsp3) is 0.903. The van der Waals surface area contributed by atoms with Gasteiger partial charge in [0.2, 0.25) is 0 Å². The average molecular weight is 598 g/mol. The van der Waals surface area contributed by atoms with Crippen LogP contribution in [0.5, 0.6) is 0 Å². The van der Waals surface area contributed by atoms with Crippen molar-refractivity contribution in [1.29, 1.82) is 0 Å². The number of hydrogen-bond donors (Lipinski definition) is 1. The Morgan fingerprint density at radius 2 is 1.67 bits per heavy atom. The molecule has 0 amide bonds. The van der Waals surface area contributed by atoms with Crippen molar-refractivity contribution in [3.63, 3.8) is 0 Å². The van der Waals surface area contributed by atoms with Gasteiger partial charge in [0.1, 0.15) is 12.2 Å². The SMILES string of the molecule is COCCOCCOCCOCc1cn(CC(=O)[C@H]2CC[C@H]3[C@@H]4CC[C@@H]5C[C@](C)(O)CC[C@@H]5[C@H]4CC(F)(F)[C@]23C)nn1. The molecule has 1 N–H and O–H groups in total. The second-order valence-electron chi connectivity index (χ2n) is 13.6. The molecule has 9 nitrogen and oxygen atoms in total. The third kappa shape index (κ3) is 6.60. The van der Waals surface area contributed by atoms with E-state index in [1.54, 1.807) is 20.2 Å². The first kappa shape index (κ1) is 31.9. The zero-order valence-corrected chi connectivity index (χ0v) is 25.4. The van der Waals surface area contributed by atoms with Gasteiger partial charge in [-0.3, -0.25) is 4.79 Å². The van der Waals surface area contributed by atoms with Crippen molar-refractivity contribution < 1.29 is 37.6 Å². The summed E-state index contributed by atoms with van der Waals surface area (Å²) in [5.41, 5.74) is -1.43. The van der Waals surface area contributed by atoms with Crippen molar-refractivity contribution in [1.82, 2.24) is 15.0 Å². The minimum atomic E-state index is -2.91. The number of methoxy groups -OCH3 is 1. The molecule has 1 heterocycles. The van der Waals surface area contributed by atoms with Crippen molar-refractivity contribution >= 4 is 5.78 Å². The molecule has 0 aromatic carbocycles. The van der Waals surface area contributed by atoms with Gasteiger partial charge in [-0.2, -0.15) is 0 Å². The Morgan fingerprint density at radius 3 is 2.40 bits per heavy atom. The Bertz CT molecular complexity index is 1050. The smallest absolute Gasteiger partial charge is 0.254 e. The van der Waals surface area contributed by atoms with Gasteiger partial charge >= 0.3 is 0 Å². The number of alkyl halides is 2. The van der Waals surface area contributed by atoms with E-state index in [1.807, 2.05) is 6.92 Å². The number of aromatic nitrogens is 3. The molecule has 4 aliphatic rings. The summed E-state index contributed by atoms with van der Waals surface area (Å²) in [7, 11) is 1.62. The van der Waals surface area contributed by atoms with Crippen molar-refractivity contribution in [2.24, 2.45) is 40.9 Å².